The Morgan fingerprint density at radius 2 is 1.97 bits per heavy atom. The highest BCUT2D eigenvalue weighted by atomic mass is 35.5. The van der Waals surface area contributed by atoms with Crippen LogP contribution in [0.4, 0.5) is 16.0 Å². The lowest BCUT2D eigenvalue weighted by atomic mass is 9.91. The van der Waals surface area contributed by atoms with Gasteiger partial charge >= 0.3 is 0 Å². The maximum atomic E-state index is 13.9. The van der Waals surface area contributed by atoms with Crippen molar-refractivity contribution in [3.05, 3.63) is 52.6 Å². The predicted octanol–water partition coefficient (Wildman–Crippen LogP) is 4.44. The van der Waals surface area contributed by atoms with Gasteiger partial charge in [-0.05, 0) is 52.6 Å². The molecule has 0 amide bonds. The molecule has 4 rings (SSSR count). The van der Waals surface area contributed by atoms with Crippen molar-refractivity contribution >= 4 is 34.0 Å². The summed E-state index contributed by atoms with van der Waals surface area (Å²) in [4.78, 5) is 9.16. The molecular formula is C22H26ClFN6. The van der Waals surface area contributed by atoms with Crippen molar-refractivity contribution in [2.24, 2.45) is 0 Å². The monoisotopic (exact) mass is 428 g/mol. The molecule has 0 aliphatic carbocycles. The fourth-order valence-electron chi connectivity index (χ4n) is 3.80. The van der Waals surface area contributed by atoms with Gasteiger partial charge in [0.2, 0.25) is 0 Å². The van der Waals surface area contributed by atoms with E-state index in [1.165, 1.54) is 6.07 Å². The lowest BCUT2D eigenvalue weighted by molar-refractivity contribution is 0.132. The summed E-state index contributed by atoms with van der Waals surface area (Å²) in [6.45, 7) is 7.91. The number of aryl methyl sites for hydroxylation is 1. The average Bonchev–Trinajstić information content (AvgIpc) is 2.69. The Morgan fingerprint density at radius 1 is 1.23 bits per heavy atom. The summed E-state index contributed by atoms with van der Waals surface area (Å²) in [5, 5.41) is 14.0. The van der Waals surface area contributed by atoms with Crippen LogP contribution in [-0.4, -0.2) is 52.8 Å². The molecule has 30 heavy (non-hydrogen) atoms. The van der Waals surface area contributed by atoms with Crippen LogP contribution in [0.2, 0.25) is 5.02 Å². The third-order valence-electron chi connectivity index (χ3n) is 6.10. The van der Waals surface area contributed by atoms with E-state index in [4.69, 9.17) is 11.6 Å². The zero-order valence-electron chi connectivity index (χ0n) is 17.9. The molecule has 6 nitrogen and oxygen atoms in total. The maximum Gasteiger partial charge on any atom is 0.157 e. The molecule has 1 saturated heterocycles. The van der Waals surface area contributed by atoms with Crippen LogP contribution in [0.25, 0.3) is 10.8 Å². The van der Waals surface area contributed by atoms with Gasteiger partial charge in [0.15, 0.2) is 5.82 Å². The summed E-state index contributed by atoms with van der Waals surface area (Å²) in [6.07, 6.45) is 1.85. The van der Waals surface area contributed by atoms with E-state index in [2.05, 4.69) is 57.4 Å². The van der Waals surface area contributed by atoms with Gasteiger partial charge in [0.1, 0.15) is 11.6 Å². The standard InChI is InChI=1S/C22H26ClFN6/c1-13(15-7-6-8-18(24)20(15)23)26-21-16-9-19(25-10-17(16)14(2)27-28-21)30-11-22(3,12-30)29(4)5/h6-10,13H,11-12H2,1-5H3,(H,26,28)/t13-/m1/s1. The van der Waals surface area contributed by atoms with Crippen LogP contribution in [-0.2, 0) is 0 Å². The highest BCUT2D eigenvalue weighted by Crippen LogP contribution is 2.34. The van der Waals surface area contributed by atoms with Crippen LogP contribution >= 0.6 is 11.6 Å². The molecule has 0 unspecified atom stereocenters. The van der Waals surface area contributed by atoms with Crippen molar-refractivity contribution in [1.82, 2.24) is 20.1 Å². The quantitative estimate of drug-likeness (QED) is 0.648. The first kappa shape index (κ1) is 20.8. The molecule has 0 spiro atoms. The first-order valence-electron chi connectivity index (χ1n) is 9.95. The Hall–Kier alpha value is -2.51. The summed E-state index contributed by atoms with van der Waals surface area (Å²) >= 11 is 6.17. The normalized spacial score (nSPS) is 16.6. The molecule has 3 aromatic rings. The Kier molecular flexibility index (Phi) is 5.28. The van der Waals surface area contributed by atoms with Crippen LogP contribution in [0.3, 0.4) is 0 Å². The number of anilines is 2. The summed E-state index contributed by atoms with van der Waals surface area (Å²) in [5.41, 5.74) is 1.63. The van der Waals surface area contributed by atoms with Crippen LogP contribution in [0.1, 0.15) is 31.1 Å². The number of aromatic nitrogens is 3. The summed E-state index contributed by atoms with van der Waals surface area (Å²) in [7, 11) is 4.20. The third-order valence-corrected chi connectivity index (χ3v) is 6.50. The summed E-state index contributed by atoms with van der Waals surface area (Å²) in [6, 6.07) is 6.62. The van der Waals surface area contributed by atoms with Gasteiger partial charge in [0.25, 0.3) is 0 Å². The molecule has 1 atom stereocenters. The molecule has 1 aliphatic rings. The minimum Gasteiger partial charge on any atom is -0.361 e. The number of likely N-dealkylation sites (N-methyl/N-ethyl adjacent to an activating group) is 1. The molecular weight excluding hydrogens is 403 g/mol. The predicted molar refractivity (Wildman–Crippen MR) is 120 cm³/mol. The molecule has 8 heteroatoms. The van der Waals surface area contributed by atoms with Crippen molar-refractivity contribution in [2.45, 2.75) is 32.4 Å². The lowest BCUT2D eigenvalue weighted by Gasteiger charge is -2.52. The number of hydrogen-bond acceptors (Lipinski definition) is 6. The van der Waals surface area contributed by atoms with E-state index in [1.807, 2.05) is 26.1 Å². The maximum absolute atomic E-state index is 13.9. The van der Waals surface area contributed by atoms with E-state index in [1.54, 1.807) is 6.07 Å². The zero-order valence-corrected chi connectivity index (χ0v) is 18.6. The SMILES string of the molecule is Cc1nnc(N[C@H](C)c2cccc(F)c2Cl)c2cc(N3CC(C)(N(C)C)C3)ncc12. The van der Waals surface area contributed by atoms with E-state index in [0.29, 0.717) is 11.4 Å². The Bertz CT molecular complexity index is 1100. The Morgan fingerprint density at radius 3 is 2.67 bits per heavy atom. The van der Waals surface area contributed by atoms with E-state index in [-0.39, 0.29) is 16.6 Å². The zero-order chi connectivity index (χ0) is 21.6. The minimum absolute atomic E-state index is 0.118. The van der Waals surface area contributed by atoms with Gasteiger partial charge in [-0.2, -0.15) is 5.10 Å². The van der Waals surface area contributed by atoms with Crippen molar-refractivity contribution in [1.29, 1.82) is 0 Å². The fourth-order valence-corrected chi connectivity index (χ4v) is 4.09. The first-order chi connectivity index (χ1) is 14.2. The molecule has 0 bridgehead atoms. The van der Waals surface area contributed by atoms with Crippen molar-refractivity contribution in [2.75, 3.05) is 37.4 Å². The smallest absolute Gasteiger partial charge is 0.157 e. The summed E-state index contributed by atoms with van der Waals surface area (Å²) in [5.74, 6) is 1.10. The second-order valence-electron chi connectivity index (χ2n) is 8.48. The van der Waals surface area contributed by atoms with Crippen LogP contribution in [0.15, 0.2) is 30.5 Å². The minimum atomic E-state index is -0.434. The molecule has 1 aromatic carbocycles. The number of pyridine rings is 1. The topological polar surface area (TPSA) is 57.2 Å². The van der Waals surface area contributed by atoms with Gasteiger partial charge in [-0.1, -0.05) is 23.7 Å². The number of hydrogen-bond donors (Lipinski definition) is 1. The van der Waals surface area contributed by atoms with Gasteiger partial charge in [-0.3, -0.25) is 0 Å². The number of benzene rings is 1. The average molecular weight is 429 g/mol. The number of rotatable bonds is 5. The van der Waals surface area contributed by atoms with E-state index >= 15 is 0 Å². The van der Waals surface area contributed by atoms with Crippen LogP contribution < -0.4 is 10.2 Å². The molecule has 1 N–H and O–H groups in total. The van der Waals surface area contributed by atoms with Crippen LogP contribution in [0.5, 0.6) is 0 Å². The van der Waals surface area contributed by atoms with Gasteiger partial charge in [-0.15, -0.1) is 5.10 Å². The second-order valence-corrected chi connectivity index (χ2v) is 8.86. The summed E-state index contributed by atoms with van der Waals surface area (Å²) < 4.78 is 13.9. The lowest BCUT2D eigenvalue weighted by Crippen LogP contribution is -2.67. The molecule has 158 valence electrons. The van der Waals surface area contributed by atoms with Crippen molar-refractivity contribution in [3.8, 4) is 0 Å². The van der Waals surface area contributed by atoms with Crippen molar-refractivity contribution in [3.63, 3.8) is 0 Å². The Balaban J connectivity index is 1.67. The highest BCUT2D eigenvalue weighted by Gasteiger charge is 2.41. The number of nitrogens with one attached hydrogen (secondary N) is 1. The third kappa shape index (κ3) is 3.56. The largest absolute Gasteiger partial charge is 0.361 e. The molecule has 0 saturated carbocycles. The first-order valence-corrected chi connectivity index (χ1v) is 10.3. The van der Waals surface area contributed by atoms with E-state index < -0.39 is 5.82 Å². The molecule has 2 aromatic heterocycles. The number of fused-ring (bicyclic) bond motifs is 1. The number of halogens is 2. The van der Waals surface area contributed by atoms with Gasteiger partial charge in [-0.25, -0.2) is 9.37 Å². The van der Waals surface area contributed by atoms with Gasteiger partial charge in [0.05, 0.1) is 22.3 Å². The molecule has 1 fully saturated rings. The Labute approximate surface area is 181 Å². The van der Waals surface area contributed by atoms with Crippen LogP contribution in [0, 0.1) is 12.7 Å². The highest BCUT2D eigenvalue weighted by molar-refractivity contribution is 6.31. The van der Waals surface area contributed by atoms with Gasteiger partial charge in [0, 0.05) is 30.1 Å². The van der Waals surface area contributed by atoms with Gasteiger partial charge < -0.3 is 15.1 Å². The van der Waals surface area contributed by atoms with E-state index in [0.717, 1.165) is 35.4 Å². The number of nitrogens with zero attached hydrogens (tertiary/aromatic N) is 5. The molecule has 3 heterocycles. The molecule has 0 radical (unpaired) electrons. The molecule has 1 aliphatic heterocycles. The fraction of sp³-hybridized carbons (Fsp3) is 0.409. The van der Waals surface area contributed by atoms with E-state index in [9.17, 15) is 4.39 Å². The second kappa shape index (κ2) is 7.63. The van der Waals surface area contributed by atoms with Crippen molar-refractivity contribution < 1.29 is 4.39 Å².